The summed E-state index contributed by atoms with van der Waals surface area (Å²) in [5, 5.41) is 3.22. The summed E-state index contributed by atoms with van der Waals surface area (Å²) in [6.07, 6.45) is 8.61. The van der Waals surface area contributed by atoms with Crippen LogP contribution < -0.4 is 5.32 Å². The van der Waals surface area contributed by atoms with Gasteiger partial charge in [0.25, 0.3) is 0 Å². The Bertz CT molecular complexity index is 878. The van der Waals surface area contributed by atoms with Crippen molar-refractivity contribution in [3.05, 3.63) is 48.4 Å². The second-order valence-electron chi connectivity index (χ2n) is 6.29. The van der Waals surface area contributed by atoms with Crippen molar-refractivity contribution in [1.82, 2.24) is 14.4 Å². The molecule has 0 amide bonds. The zero-order valence-electron chi connectivity index (χ0n) is 13.7. The third kappa shape index (κ3) is 2.77. The summed E-state index contributed by atoms with van der Waals surface area (Å²) in [5.74, 6) is 1.65. The average Bonchev–Trinajstić information content (AvgIpc) is 3.31. The highest BCUT2D eigenvalue weighted by molar-refractivity contribution is 5.96. The maximum atomic E-state index is 12.2. The van der Waals surface area contributed by atoms with Gasteiger partial charge in [0.15, 0.2) is 17.2 Å². The van der Waals surface area contributed by atoms with Gasteiger partial charge in [-0.05, 0) is 25.7 Å². The number of hydrogen-bond donors (Lipinski definition) is 1. The van der Waals surface area contributed by atoms with Crippen molar-refractivity contribution in [3.8, 4) is 11.3 Å². The summed E-state index contributed by atoms with van der Waals surface area (Å²) >= 11 is 0. The molecule has 0 aliphatic heterocycles. The first kappa shape index (κ1) is 14.9. The van der Waals surface area contributed by atoms with Crippen molar-refractivity contribution in [1.29, 1.82) is 0 Å². The second-order valence-corrected chi connectivity index (χ2v) is 6.29. The molecule has 2 aromatic heterocycles. The molecule has 122 valence electrons. The molecule has 24 heavy (non-hydrogen) atoms. The predicted molar refractivity (Wildman–Crippen MR) is 94.3 cm³/mol. The number of hydrogen-bond acceptors (Lipinski definition) is 4. The lowest BCUT2D eigenvalue weighted by Gasteiger charge is -2.06. The number of rotatable bonds is 6. The van der Waals surface area contributed by atoms with E-state index in [-0.39, 0.29) is 5.78 Å². The Kier molecular flexibility index (Phi) is 3.76. The molecule has 5 heteroatoms. The van der Waals surface area contributed by atoms with E-state index in [4.69, 9.17) is 0 Å². The molecule has 4 rings (SSSR count). The van der Waals surface area contributed by atoms with Crippen LogP contribution in [0.15, 0.2) is 42.9 Å². The molecule has 1 saturated carbocycles. The van der Waals surface area contributed by atoms with Gasteiger partial charge in [-0.25, -0.2) is 9.97 Å². The van der Waals surface area contributed by atoms with Crippen LogP contribution in [0.5, 0.6) is 0 Å². The summed E-state index contributed by atoms with van der Waals surface area (Å²) in [5.41, 5.74) is 3.64. The first-order chi connectivity index (χ1) is 11.8. The van der Waals surface area contributed by atoms with Gasteiger partial charge in [0.05, 0.1) is 11.9 Å². The van der Waals surface area contributed by atoms with E-state index in [2.05, 4.69) is 15.3 Å². The molecule has 0 unspecified atom stereocenters. The van der Waals surface area contributed by atoms with E-state index in [1.54, 1.807) is 6.20 Å². The van der Waals surface area contributed by atoms with E-state index >= 15 is 0 Å². The van der Waals surface area contributed by atoms with Crippen LogP contribution in [0.25, 0.3) is 16.9 Å². The quantitative estimate of drug-likeness (QED) is 0.702. The minimum Gasteiger partial charge on any atom is -0.367 e. The number of fused-ring (bicyclic) bond motifs is 1. The molecular weight excluding hydrogens is 300 g/mol. The number of aromatic nitrogens is 3. The van der Waals surface area contributed by atoms with Crippen LogP contribution in [0.3, 0.4) is 0 Å². The van der Waals surface area contributed by atoms with E-state index in [9.17, 15) is 4.79 Å². The molecular formula is C19H20N4O. The van der Waals surface area contributed by atoms with Gasteiger partial charge in [-0.3, -0.25) is 9.20 Å². The molecule has 0 spiro atoms. The highest BCUT2D eigenvalue weighted by Crippen LogP contribution is 2.33. The lowest BCUT2D eigenvalue weighted by molar-refractivity contribution is 0.0976. The fourth-order valence-electron chi connectivity index (χ4n) is 2.95. The van der Waals surface area contributed by atoms with Gasteiger partial charge in [0.2, 0.25) is 0 Å². The zero-order chi connectivity index (χ0) is 16.5. The van der Waals surface area contributed by atoms with Crippen molar-refractivity contribution < 1.29 is 4.79 Å². The molecule has 2 heterocycles. The minimum absolute atomic E-state index is 0.251. The van der Waals surface area contributed by atoms with Crippen LogP contribution in [-0.4, -0.2) is 26.7 Å². The third-order valence-electron chi connectivity index (χ3n) is 4.45. The molecule has 1 aliphatic rings. The van der Waals surface area contributed by atoms with Gasteiger partial charge in [-0.1, -0.05) is 24.3 Å². The summed E-state index contributed by atoms with van der Waals surface area (Å²) in [6, 6.07) is 7.84. The van der Waals surface area contributed by atoms with Gasteiger partial charge in [0, 0.05) is 36.5 Å². The van der Waals surface area contributed by atoms with E-state index in [0.29, 0.717) is 12.3 Å². The average molecular weight is 320 g/mol. The second kappa shape index (κ2) is 6.07. The number of imidazole rings is 1. The standard InChI is InChI=1S/C19H20N4O/c1-2-20-18-19-22-12-16(23(19)10-9-21-18)14-5-7-15(8-6-14)17(24)11-13-3-4-13/h5-10,12-13H,2-4,11H2,1H3,(H,20,21). The monoisotopic (exact) mass is 320 g/mol. The van der Waals surface area contributed by atoms with E-state index in [1.807, 2.05) is 48.0 Å². The number of anilines is 1. The van der Waals surface area contributed by atoms with Crippen molar-refractivity contribution in [2.75, 3.05) is 11.9 Å². The summed E-state index contributed by atoms with van der Waals surface area (Å²) in [4.78, 5) is 21.0. The lowest BCUT2D eigenvalue weighted by atomic mass is 10.0. The number of benzene rings is 1. The molecule has 1 N–H and O–H groups in total. The minimum atomic E-state index is 0.251. The summed E-state index contributed by atoms with van der Waals surface area (Å²) in [6.45, 7) is 2.83. The Hall–Kier alpha value is -2.69. The van der Waals surface area contributed by atoms with Gasteiger partial charge < -0.3 is 5.32 Å². The van der Waals surface area contributed by atoms with Crippen molar-refractivity contribution >= 4 is 17.2 Å². The molecule has 3 aromatic rings. The van der Waals surface area contributed by atoms with E-state index in [0.717, 1.165) is 34.8 Å². The largest absolute Gasteiger partial charge is 0.367 e. The number of carbonyl (C=O) groups excluding carboxylic acids is 1. The summed E-state index contributed by atoms with van der Waals surface area (Å²) < 4.78 is 2.02. The number of Topliss-reactive ketones (excluding diaryl/α,β-unsaturated/α-hetero) is 1. The third-order valence-corrected chi connectivity index (χ3v) is 4.45. The zero-order valence-corrected chi connectivity index (χ0v) is 13.7. The molecule has 1 aliphatic carbocycles. The highest BCUT2D eigenvalue weighted by atomic mass is 16.1. The van der Waals surface area contributed by atoms with Gasteiger partial charge >= 0.3 is 0 Å². The first-order valence-electron chi connectivity index (χ1n) is 8.46. The van der Waals surface area contributed by atoms with Gasteiger partial charge in [-0.2, -0.15) is 0 Å². The van der Waals surface area contributed by atoms with E-state index < -0.39 is 0 Å². The first-order valence-corrected chi connectivity index (χ1v) is 8.46. The Labute approximate surface area is 140 Å². The van der Waals surface area contributed by atoms with Crippen LogP contribution >= 0.6 is 0 Å². The Morgan fingerprint density at radius 2 is 2.04 bits per heavy atom. The maximum absolute atomic E-state index is 12.2. The fourth-order valence-corrected chi connectivity index (χ4v) is 2.95. The summed E-state index contributed by atoms with van der Waals surface area (Å²) in [7, 11) is 0. The molecule has 1 fully saturated rings. The topological polar surface area (TPSA) is 59.3 Å². The number of nitrogens with one attached hydrogen (secondary N) is 1. The van der Waals surface area contributed by atoms with E-state index in [1.165, 1.54) is 12.8 Å². The number of nitrogens with zero attached hydrogens (tertiary/aromatic N) is 3. The maximum Gasteiger partial charge on any atom is 0.180 e. The molecule has 1 aromatic carbocycles. The Balaban J connectivity index is 1.64. The SMILES string of the molecule is CCNc1nccn2c(-c3ccc(C(=O)CC4CC4)cc3)cnc12. The Morgan fingerprint density at radius 1 is 1.25 bits per heavy atom. The van der Waals surface area contributed by atoms with Gasteiger partial charge in [-0.15, -0.1) is 0 Å². The van der Waals surface area contributed by atoms with Crippen LogP contribution in [0, 0.1) is 5.92 Å². The van der Waals surface area contributed by atoms with Crippen molar-refractivity contribution in [2.24, 2.45) is 5.92 Å². The fraction of sp³-hybridized carbons (Fsp3) is 0.316. The Morgan fingerprint density at radius 3 is 2.75 bits per heavy atom. The van der Waals surface area contributed by atoms with Crippen LogP contribution in [-0.2, 0) is 0 Å². The number of ketones is 1. The lowest BCUT2D eigenvalue weighted by Crippen LogP contribution is -2.02. The number of carbonyl (C=O) groups is 1. The smallest absolute Gasteiger partial charge is 0.180 e. The van der Waals surface area contributed by atoms with Crippen molar-refractivity contribution in [2.45, 2.75) is 26.2 Å². The molecule has 0 saturated heterocycles. The normalized spacial score (nSPS) is 14.0. The molecule has 5 nitrogen and oxygen atoms in total. The predicted octanol–water partition coefficient (Wildman–Crippen LogP) is 3.81. The van der Waals surface area contributed by atoms with Crippen molar-refractivity contribution in [3.63, 3.8) is 0 Å². The van der Waals surface area contributed by atoms with Crippen LogP contribution in [0.1, 0.15) is 36.5 Å². The molecule has 0 atom stereocenters. The highest BCUT2D eigenvalue weighted by Gasteiger charge is 2.24. The van der Waals surface area contributed by atoms with Crippen LogP contribution in [0.2, 0.25) is 0 Å². The molecule has 0 bridgehead atoms. The molecule has 0 radical (unpaired) electrons. The van der Waals surface area contributed by atoms with Gasteiger partial charge in [0.1, 0.15) is 0 Å². The van der Waals surface area contributed by atoms with Crippen LogP contribution in [0.4, 0.5) is 5.82 Å².